The van der Waals surface area contributed by atoms with Crippen LogP contribution in [-0.4, -0.2) is 61.2 Å². The minimum Gasteiger partial charge on any atom is -0.463 e. The lowest BCUT2D eigenvalue weighted by molar-refractivity contribution is -0.288. The number of hydrogen-bond acceptors (Lipinski definition) is 10. The summed E-state index contributed by atoms with van der Waals surface area (Å²) in [5.74, 6) is -2.30. The Morgan fingerprint density at radius 1 is 0.767 bits per heavy atom. The SMILES string of the molecule is CC(=O)OC[C@@H]1O[C@@H](Oc2ccccc2)[C@H](OC(C)=O)[C@H](OC(C)=O)[C@H]1OC(C)=O. The van der Waals surface area contributed by atoms with Crippen molar-refractivity contribution in [2.24, 2.45) is 0 Å². The van der Waals surface area contributed by atoms with Gasteiger partial charge in [-0.2, -0.15) is 0 Å². The summed E-state index contributed by atoms with van der Waals surface area (Å²) in [5, 5.41) is 0. The van der Waals surface area contributed by atoms with Crippen LogP contribution in [0.1, 0.15) is 27.7 Å². The molecule has 164 valence electrons. The van der Waals surface area contributed by atoms with E-state index in [0.717, 1.165) is 20.8 Å². The highest BCUT2D eigenvalue weighted by Crippen LogP contribution is 2.30. The van der Waals surface area contributed by atoms with E-state index in [1.807, 2.05) is 0 Å². The van der Waals surface area contributed by atoms with Gasteiger partial charge in [-0.15, -0.1) is 0 Å². The van der Waals surface area contributed by atoms with E-state index < -0.39 is 54.6 Å². The molecule has 1 aromatic carbocycles. The van der Waals surface area contributed by atoms with Crippen LogP contribution in [0.2, 0.25) is 0 Å². The van der Waals surface area contributed by atoms with Crippen molar-refractivity contribution in [2.45, 2.75) is 58.4 Å². The van der Waals surface area contributed by atoms with Crippen molar-refractivity contribution < 1.29 is 47.6 Å². The van der Waals surface area contributed by atoms with Crippen molar-refractivity contribution in [1.29, 1.82) is 0 Å². The first-order valence-electron chi connectivity index (χ1n) is 9.19. The Hall–Kier alpha value is -3.14. The van der Waals surface area contributed by atoms with Crippen LogP contribution in [0.5, 0.6) is 5.75 Å². The van der Waals surface area contributed by atoms with E-state index in [2.05, 4.69) is 0 Å². The molecule has 0 radical (unpaired) electrons. The Morgan fingerprint density at radius 3 is 1.83 bits per heavy atom. The summed E-state index contributed by atoms with van der Waals surface area (Å²) < 4.78 is 32.6. The number of ether oxygens (including phenoxy) is 6. The monoisotopic (exact) mass is 424 g/mol. The summed E-state index contributed by atoms with van der Waals surface area (Å²) >= 11 is 0. The smallest absolute Gasteiger partial charge is 0.303 e. The number of hydrogen-bond donors (Lipinski definition) is 0. The standard InChI is InChI=1S/C20H24O10/c1-11(21)25-10-16-17(26-12(2)22)18(27-13(3)23)19(28-14(4)24)20(30-16)29-15-8-6-5-7-9-15/h5-9,16-20H,10H2,1-4H3/t16-,17-,18+,19+,20+/m0/s1. The quantitative estimate of drug-likeness (QED) is 0.465. The maximum Gasteiger partial charge on any atom is 0.303 e. The molecule has 0 aliphatic carbocycles. The number of para-hydroxylation sites is 1. The van der Waals surface area contributed by atoms with E-state index in [1.54, 1.807) is 30.3 Å². The molecule has 0 aromatic heterocycles. The van der Waals surface area contributed by atoms with E-state index >= 15 is 0 Å². The van der Waals surface area contributed by atoms with Crippen LogP contribution in [0.25, 0.3) is 0 Å². The summed E-state index contributed by atoms with van der Waals surface area (Å²) in [5.41, 5.74) is 0. The van der Waals surface area contributed by atoms with Crippen molar-refractivity contribution in [1.82, 2.24) is 0 Å². The Kier molecular flexibility index (Phi) is 8.16. The fourth-order valence-electron chi connectivity index (χ4n) is 2.92. The van der Waals surface area contributed by atoms with Crippen LogP contribution in [0, 0.1) is 0 Å². The first-order valence-corrected chi connectivity index (χ1v) is 9.19. The Morgan fingerprint density at radius 2 is 1.30 bits per heavy atom. The van der Waals surface area contributed by atoms with Crippen molar-refractivity contribution in [3.8, 4) is 5.75 Å². The predicted octanol–water partition coefficient (Wildman–Crippen LogP) is 1.15. The summed E-state index contributed by atoms with van der Waals surface area (Å²) in [6.45, 7) is 4.36. The molecule has 10 heteroatoms. The summed E-state index contributed by atoms with van der Waals surface area (Å²) in [4.78, 5) is 46.4. The Balaban J connectivity index is 2.42. The molecule has 30 heavy (non-hydrogen) atoms. The number of rotatable bonds is 7. The summed E-state index contributed by atoms with van der Waals surface area (Å²) in [7, 11) is 0. The Labute approximate surface area is 173 Å². The van der Waals surface area contributed by atoms with Gasteiger partial charge in [-0.1, -0.05) is 18.2 Å². The minimum atomic E-state index is -1.27. The van der Waals surface area contributed by atoms with Gasteiger partial charge >= 0.3 is 23.9 Å². The van der Waals surface area contributed by atoms with Gasteiger partial charge in [0.25, 0.3) is 0 Å². The van der Waals surface area contributed by atoms with Gasteiger partial charge in [-0.25, -0.2) is 0 Å². The van der Waals surface area contributed by atoms with Crippen molar-refractivity contribution >= 4 is 23.9 Å². The van der Waals surface area contributed by atoms with Gasteiger partial charge in [0.15, 0.2) is 12.2 Å². The molecular weight excluding hydrogens is 400 g/mol. The highest BCUT2D eigenvalue weighted by atomic mass is 16.7. The zero-order valence-electron chi connectivity index (χ0n) is 17.1. The van der Waals surface area contributed by atoms with Crippen LogP contribution in [-0.2, 0) is 42.9 Å². The normalized spacial score (nSPS) is 25.5. The van der Waals surface area contributed by atoms with Crippen LogP contribution in [0.3, 0.4) is 0 Å². The zero-order chi connectivity index (χ0) is 22.3. The molecular formula is C20H24O10. The molecule has 2 rings (SSSR count). The van der Waals surface area contributed by atoms with E-state index in [4.69, 9.17) is 28.4 Å². The lowest BCUT2D eigenvalue weighted by Crippen LogP contribution is -2.63. The Bertz CT molecular complexity index is 762. The van der Waals surface area contributed by atoms with Gasteiger partial charge in [0.2, 0.25) is 12.4 Å². The average Bonchev–Trinajstić information content (AvgIpc) is 2.64. The molecule has 0 bridgehead atoms. The van der Waals surface area contributed by atoms with Crippen LogP contribution in [0.4, 0.5) is 0 Å². The minimum absolute atomic E-state index is 0.313. The van der Waals surface area contributed by atoms with Gasteiger partial charge in [0, 0.05) is 27.7 Å². The molecule has 0 spiro atoms. The molecule has 0 N–H and O–H groups in total. The summed E-state index contributed by atoms with van der Waals surface area (Å²) in [6, 6.07) is 8.52. The molecule has 1 saturated heterocycles. The second kappa shape index (κ2) is 10.6. The van der Waals surface area contributed by atoms with Gasteiger partial charge in [0.1, 0.15) is 18.5 Å². The maximum absolute atomic E-state index is 11.7. The third kappa shape index (κ3) is 6.73. The number of carbonyl (C=O) groups excluding carboxylic acids is 4. The fourth-order valence-corrected chi connectivity index (χ4v) is 2.92. The first kappa shape index (κ1) is 23.1. The molecule has 10 nitrogen and oxygen atoms in total. The molecule has 0 amide bonds. The molecule has 1 heterocycles. The second-order valence-corrected chi connectivity index (χ2v) is 6.50. The number of carbonyl (C=O) groups is 4. The van der Waals surface area contributed by atoms with Crippen molar-refractivity contribution in [3.05, 3.63) is 30.3 Å². The topological polar surface area (TPSA) is 124 Å². The molecule has 1 aliphatic rings. The third-order valence-electron chi connectivity index (χ3n) is 3.94. The highest BCUT2D eigenvalue weighted by molar-refractivity contribution is 5.68. The maximum atomic E-state index is 11.7. The van der Waals surface area contributed by atoms with Gasteiger partial charge in [-0.05, 0) is 12.1 Å². The molecule has 1 aromatic rings. The summed E-state index contributed by atoms with van der Waals surface area (Å²) in [6.07, 6.45) is -6.04. The zero-order valence-corrected chi connectivity index (χ0v) is 17.1. The fraction of sp³-hybridized carbons (Fsp3) is 0.500. The molecule has 5 atom stereocenters. The van der Waals surface area contributed by atoms with Crippen LogP contribution in [0.15, 0.2) is 30.3 Å². The van der Waals surface area contributed by atoms with Gasteiger partial charge in [0.05, 0.1) is 0 Å². The largest absolute Gasteiger partial charge is 0.463 e. The lowest BCUT2D eigenvalue weighted by atomic mass is 9.98. The second-order valence-electron chi connectivity index (χ2n) is 6.50. The van der Waals surface area contributed by atoms with Crippen LogP contribution >= 0.6 is 0 Å². The molecule has 0 saturated carbocycles. The van der Waals surface area contributed by atoms with Crippen LogP contribution < -0.4 is 4.74 Å². The molecule has 1 aliphatic heterocycles. The average molecular weight is 424 g/mol. The van der Waals surface area contributed by atoms with E-state index in [1.165, 1.54) is 6.92 Å². The molecule has 1 fully saturated rings. The molecule has 0 unspecified atom stereocenters. The van der Waals surface area contributed by atoms with E-state index in [-0.39, 0.29) is 6.61 Å². The van der Waals surface area contributed by atoms with Gasteiger partial charge in [-0.3, -0.25) is 19.2 Å². The van der Waals surface area contributed by atoms with Crippen molar-refractivity contribution in [3.63, 3.8) is 0 Å². The highest BCUT2D eigenvalue weighted by Gasteiger charge is 2.53. The third-order valence-corrected chi connectivity index (χ3v) is 3.94. The van der Waals surface area contributed by atoms with Crippen molar-refractivity contribution in [2.75, 3.05) is 6.61 Å². The predicted molar refractivity (Wildman–Crippen MR) is 99.0 cm³/mol. The number of esters is 4. The van der Waals surface area contributed by atoms with Gasteiger partial charge < -0.3 is 28.4 Å². The van der Waals surface area contributed by atoms with E-state index in [9.17, 15) is 19.2 Å². The van der Waals surface area contributed by atoms with E-state index in [0.29, 0.717) is 5.75 Å². The first-order chi connectivity index (χ1) is 14.2. The number of benzene rings is 1. The lowest BCUT2D eigenvalue weighted by Gasteiger charge is -2.43.